The minimum Gasteiger partial charge on any atom is -0.235 e. The molecule has 0 amide bonds. The Balaban J connectivity index is 4.15. The van der Waals surface area contributed by atoms with Gasteiger partial charge in [-0.25, -0.2) is 13.9 Å². The minimum absolute atomic E-state index is 0.327. The largest absolute Gasteiger partial charge is 0.341 e. The smallest absolute Gasteiger partial charge is 0.235 e. The molecule has 0 aliphatic rings. The average molecular weight is 147 g/mol. The molecule has 0 N–H and O–H groups in total. The van der Waals surface area contributed by atoms with Gasteiger partial charge in [0, 0.05) is 0 Å². The van der Waals surface area contributed by atoms with Crippen molar-refractivity contribution in [1.29, 1.82) is 0 Å². The lowest BCUT2D eigenvalue weighted by molar-refractivity contribution is 0.501. The number of rotatable bonds is 3. The Morgan fingerprint density at radius 3 is 2.33 bits per heavy atom. The monoisotopic (exact) mass is 147 g/mol. The molecular formula is C4H6NO3P. The van der Waals surface area contributed by atoms with Gasteiger partial charge in [0.25, 0.3) is 0 Å². The lowest BCUT2D eigenvalue weighted by atomic mass is 10.5. The van der Waals surface area contributed by atoms with Crippen molar-refractivity contribution in [3.63, 3.8) is 0 Å². The average Bonchev–Trinajstić information content (AvgIpc) is 1.82. The highest BCUT2D eigenvalue weighted by molar-refractivity contribution is 7.31. The summed E-state index contributed by atoms with van der Waals surface area (Å²) in [5.41, 5.74) is 0. The first-order valence-corrected chi connectivity index (χ1v) is 3.67. The molecule has 5 heteroatoms. The quantitative estimate of drug-likeness (QED) is 0.342. The summed E-state index contributed by atoms with van der Waals surface area (Å²) in [5.74, 6) is -0.877. The van der Waals surface area contributed by atoms with Crippen LogP contribution in [0.1, 0.15) is 13.3 Å². The van der Waals surface area contributed by atoms with E-state index in [1.807, 2.05) is 0 Å². The first kappa shape index (κ1) is 8.28. The van der Waals surface area contributed by atoms with Crippen molar-refractivity contribution < 1.29 is 13.9 Å². The molecule has 0 spiro atoms. The highest BCUT2D eigenvalue weighted by Crippen LogP contribution is 2.17. The lowest BCUT2D eigenvalue weighted by Gasteiger charge is -1.89. The van der Waals surface area contributed by atoms with Crippen LogP contribution in [0.4, 0.5) is 0 Å². The van der Waals surface area contributed by atoms with Gasteiger partial charge in [0.05, 0.1) is 0 Å². The summed E-state index contributed by atoms with van der Waals surface area (Å²) in [4.78, 5) is 12.6. The predicted octanol–water partition coefficient (Wildman–Crippen LogP) is 1.23. The predicted molar refractivity (Wildman–Crippen MR) is 30.5 cm³/mol. The van der Waals surface area contributed by atoms with Gasteiger partial charge in [-0.2, -0.15) is 4.99 Å². The molecule has 0 aliphatic heterocycles. The summed E-state index contributed by atoms with van der Waals surface area (Å²) >= 11 is 0. The van der Waals surface area contributed by atoms with E-state index >= 15 is 0 Å². The maximum absolute atomic E-state index is 10.1. The second-order valence-corrected chi connectivity index (χ2v) is 2.56. The fourth-order valence-corrected chi connectivity index (χ4v) is 0.788. The third kappa shape index (κ3) is 2.96. The van der Waals surface area contributed by atoms with E-state index in [9.17, 15) is 13.9 Å². The molecule has 9 heavy (non-hydrogen) atoms. The third-order valence-corrected chi connectivity index (χ3v) is 1.78. The zero-order valence-electron chi connectivity index (χ0n) is 4.90. The van der Waals surface area contributed by atoms with Crippen molar-refractivity contribution in [2.45, 2.75) is 19.1 Å². The fourth-order valence-electron chi connectivity index (χ4n) is 0.348. The zero-order chi connectivity index (χ0) is 7.28. The molecule has 0 aromatic carbocycles. The normalized spacial score (nSPS) is 11.7. The van der Waals surface area contributed by atoms with Crippen LogP contribution < -0.4 is 0 Å². The van der Waals surface area contributed by atoms with E-state index in [0.717, 1.165) is 0 Å². The number of hydrogen-bond acceptors (Lipinski definition) is 4. The number of aliphatic imine (C=N–C) groups is 1. The maximum Gasteiger partial charge on any atom is 0.341 e. The van der Waals surface area contributed by atoms with Crippen LogP contribution >= 0.6 is 7.68 Å². The van der Waals surface area contributed by atoms with Crippen molar-refractivity contribution in [2.24, 2.45) is 4.99 Å². The Hall–Kier alpha value is -0.720. The first-order valence-electron chi connectivity index (χ1n) is 2.42. The zero-order valence-corrected chi connectivity index (χ0v) is 5.80. The van der Waals surface area contributed by atoms with Crippen LogP contribution in [0, 0.1) is 0 Å². The Kier molecular flexibility index (Phi) is 3.85. The molecule has 0 radical (unpaired) electrons. The second-order valence-electron chi connectivity index (χ2n) is 1.39. The standard InChI is InChI=1S/C4H6NO3P/c1-2-4(5-3-6)9(7)8/h4H,2H2,1H3. The summed E-state index contributed by atoms with van der Waals surface area (Å²) in [6.45, 7) is 1.64. The Morgan fingerprint density at radius 2 is 2.22 bits per heavy atom. The van der Waals surface area contributed by atoms with Gasteiger partial charge in [-0.05, 0) is 6.42 Å². The summed E-state index contributed by atoms with van der Waals surface area (Å²) < 4.78 is 20.2. The molecule has 0 fully saturated rings. The minimum atomic E-state index is -2.60. The van der Waals surface area contributed by atoms with Gasteiger partial charge in [-0.15, -0.1) is 0 Å². The van der Waals surface area contributed by atoms with Crippen LogP contribution in [0.3, 0.4) is 0 Å². The van der Waals surface area contributed by atoms with E-state index in [0.29, 0.717) is 6.42 Å². The Bertz CT molecular complexity index is 184. The van der Waals surface area contributed by atoms with E-state index in [-0.39, 0.29) is 0 Å². The van der Waals surface area contributed by atoms with E-state index < -0.39 is 13.5 Å². The van der Waals surface area contributed by atoms with Gasteiger partial charge in [0.15, 0.2) is 5.78 Å². The van der Waals surface area contributed by atoms with Gasteiger partial charge < -0.3 is 0 Å². The molecule has 0 aromatic heterocycles. The van der Waals surface area contributed by atoms with Crippen LogP contribution in [-0.4, -0.2) is 11.9 Å². The molecule has 4 nitrogen and oxygen atoms in total. The van der Waals surface area contributed by atoms with E-state index in [1.165, 1.54) is 6.08 Å². The SMILES string of the molecule is CCC(N=C=O)P(=O)=O. The number of nitrogens with zero attached hydrogens (tertiary/aromatic N) is 1. The molecule has 50 valence electrons. The van der Waals surface area contributed by atoms with Crippen molar-refractivity contribution in [1.82, 2.24) is 0 Å². The van der Waals surface area contributed by atoms with Gasteiger partial charge in [-0.1, -0.05) is 6.92 Å². The lowest BCUT2D eigenvalue weighted by Crippen LogP contribution is -1.89. The first-order chi connectivity index (χ1) is 4.22. The van der Waals surface area contributed by atoms with Crippen molar-refractivity contribution in [2.75, 3.05) is 0 Å². The van der Waals surface area contributed by atoms with Crippen molar-refractivity contribution in [3.8, 4) is 0 Å². The maximum atomic E-state index is 10.1. The molecule has 1 unspecified atom stereocenters. The van der Waals surface area contributed by atoms with Crippen LogP contribution in [-0.2, 0) is 13.9 Å². The van der Waals surface area contributed by atoms with E-state index in [4.69, 9.17) is 0 Å². The molecule has 0 aliphatic carbocycles. The molecule has 0 saturated carbocycles. The van der Waals surface area contributed by atoms with E-state index in [1.54, 1.807) is 6.92 Å². The van der Waals surface area contributed by atoms with Crippen LogP contribution in [0.5, 0.6) is 0 Å². The Morgan fingerprint density at radius 1 is 1.67 bits per heavy atom. The van der Waals surface area contributed by atoms with Crippen molar-refractivity contribution >= 4 is 13.8 Å². The van der Waals surface area contributed by atoms with Crippen LogP contribution in [0.2, 0.25) is 0 Å². The highest BCUT2D eigenvalue weighted by atomic mass is 31.1. The molecule has 1 atom stereocenters. The molecule has 0 saturated heterocycles. The van der Waals surface area contributed by atoms with Gasteiger partial charge in [0.2, 0.25) is 6.08 Å². The summed E-state index contributed by atoms with van der Waals surface area (Å²) in [6, 6.07) is 0. The van der Waals surface area contributed by atoms with E-state index in [2.05, 4.69) is 4.99 Å². The Labute approximate surface area is 52.8 Å². The summed E-state index contributed by atoms with van der Waals surface area (Å²) in [5, 5.41) is 0. The van der Waals surface area contributed by atoms with Crippen LogP contribution in [0.25, 0.3) is 0 Å². The van der Waals surface area contributed by atoms with Crippen molar-refractivity contribution in [3.05, 3.63) is 0 Å². The van der Waals surface area contributed by atoms with Crippen LogP contribution in [0.15, 0.2) is 4.99 Å². The molecule has 0 rings (SSSR count). The van der Waals surface area contributed by atoms with Gasteiger partial charge in [-0.3, -0.25) is 0 Å². The number of isocyanates is 1. The van der Waals surface area contributed by atoms with Gasteiger partial charge in [0.1, 0.15) is 0 Å². The number of carbonyl (C=O) groups excluding carboxylic acids is 1. The molecular weight excluding hydrogens is 141 g/mol. The summed E-state index contributed by atoms with van der Waals surface area (Å²) in [6.07, 6.45) is 1.52. The molecule has 0 heterocycles. The highest BCUT2D eigenvalue weighted by Gasteiger charge is 2.08. The topological polar surface area (TPSA) is 63.6 Å². The summed E-state index contributed by atoms with van der Waals surface area (Å²) in [7, 11) is -2.60. The molecule has 0 aromatic rings. The molecule has 0 bridgehead atoms. The van der Waals surface area contributed by atoms with Gasteiger partial charge >= 0.3 is 7.68 Å². The fraction of sp³-hybridized carbons (Fsp3) is 0.750. The third-order valence-electron chi connectivity index (χ3n) is 0.810. The second kappa shape index (κ2) is 4.19. The number of hydrogen-bond donors (Lipinski definition) is 0.